The van der Waals surface area contributed by atoms with E-state index in [1.165, 1.54) is 0 Å². The summed E-state index contributed by atoms with van der Waals surface area (Å²) in [7, 11) is 0. The van der Waals surface area contributed by atoms with E-state index in [9.17, 15) is 0 Å². The Kier molecular flexibility index (Phi) is 4.83. The highest BCUT2D eigenvalue weighted by molar-refractivity contribution is 7.80. The zero-order valence-electron chi connectivity index (χ0n) is 8.79. The molecular formula is C10H16N4S. The molecule has 1 heterocycles. The van der Waals surface area contributed by atoms with Gasteiger partial charge in [0.1, 0.15) is 0 Å². The fourth-order valence-electron chi connectivity index (χ4n) is 1.05. The number of nitrogens with one attached hydrogen (secondary N) is 2. The molecule has 0 aliphatic heterocycles. The standard InChI is InChI=1S/C10H16N4S/c1-2-3-5-13-10(15)14-9-7-12-6-4-8(9)11/h4,6-7H,2-3,5H2,1H3,(H2,11,12)(H2,13,14,15). The van der Waals surface area contributed by atoms with Crippen molar-refractivity contribution in [2.45, 2.75) is 19.8 Å². The Hall–Kier alpha value is -1.36. The minimum Gasteiger partial charge on any atom is -0.397 e. The predicted octanol–water partition coefficient (Wildman–Crippen LogP) is 1.75. The molecule has 4 nitrogen and oxygen atoms in total. The summed E-state index contributed by atoms with van der Waals surface area (Å²) in [6.45, 7) is 3.01. The van der Waals surface area contributed by atoms with Crippen molar-refractivity contribution in [2.75, 3.05) is 17.6 Å². The summed E-state index contributed by atoms with van der Waals surface area (Å²) in [5, 5.41) is 6.68. The molecule has 1 rings (SSSR count). The molecule has 0 amide bonds. The molecule has 0 bridgehead atoms. The van der Waals surface area contributed by atoms with Gasteiger partial charge in [-0.2, -0.15) is 0 Å². The molecule has 0 atom stereocenters. The van der Waals surface area contributed by atoms with Crippen molar-refractivity contribution < 1.29 is 0 Å². The molecule has 4 N–H and O–H groups in total. The SMILES string of the molecule is CCCCNC(=S)Nc1cnccc1N. The summed E-state index contributed by atoms with van der Waals surface area (Å²) in [6, 6.07) is 1.73. The molecule has 0 aromatic carbocycles. The van der Waals surface area contributed by atoms with Crippen molar-refractivity contribution in [1.82, 2.24) is 10.3 Å². The first-order valence-corrected chi connectivity index (χ1v) is 5.39. The fraction of sp³-hybridized carbons (Fsp3) is 0.400. The van der Waals surface area contributed by atoms with Gasteiger partial charge in [0, 0.05) is 12.7 Å². The molecule has 0 fully saturated rings. The molecule has 0 spiro atoms. The van der Waals surface area contributed by atoms with Crippen molar-refractivity contribution in [3.8, 4) is 0 Å². The van der Waals surface area contributed by atoms with Crippen LogP contribution in [0.2, 0.25) is 0 Å². The Morgan fingerprint density at radius 3 is 3.07 bits per heavy atom. The van der Waals surface area contributed by atoms with Crippen molar-refractivity contribution >= 4 is 28.7 Å². The Labute approximate surface area is 95.3 Å². The fourth-order valence-corrected chi connectivity index (χ4v) is 1.27. The summed E-state index contributed by atoms with van der Waals surface area (Å²) in [5.74, 6) is 0. The molecule has 5 heteroatoms. The Balaban J connectivity index is 2.41. The van der Waals surface area contributed by atoms with E-state index < -0.39 is 0 Å². The minimum absolute atomic E-state index is 0.586. The largest absolute Gasteiger partial charge is 0.397 e. The van der Waals surface area contributed by atoms with E-state index in [-0.39, 0.29) is 0 Å². The molecule has 1 aromatic heterocycles. The number of thiocarbonyl (C=S) groups is 1. The number of nitrogens with zero attached hydrogens (tertiary/aromatic N) is 1. The molecule has 0 aliphatic carbocycles. The lowest BCUT2D eigenvalue weighted by Gasteiger charge is -2.11. The molecule has 1 aromatic rings. The van der Waals surface area contributed by atoms with E-state index >= 15 is 0 Å². The van der Waals surface area contributed by atoms with Gasteiger partial charge >= 0.3 is 0 Å². The second-order valence-electron chi connectivity index (χ2n) is 3.20. The molecule has 0 radical (unpaired) electrons. The van der Waals surface area contributed by atoms with Crippen LogP contribution in [0.3, 0.4) is 0 Å². The van der Waals surface area contributed by atoms with Crippen LogP contribution in [-0.4, -0.2) is 16.6 Å². The van der Waals surface area contributed by atoms with Gasteiger partial charge in [-0.15, -0.1) is 0 Å². The number of nitrogens with two attached hydrogens (primary N) is 1. The molecule has 0 aliphatic rings. The first kappa shape index (κ1) is 11.7. The Bertz CT molecular complexity index is 327. The second-order valence-corrected chi connectivity index (χ2v) is 3.61. The number of pyridine rings is 1. The summed E-state index contributed by atoms with van der Waals surface area (Å²) in [5.41, 5.74) is 7.12. The minimum atomic E-state index is 0.586. The smallest absolute Gasteiger partial charge is 0.170 e. The van der Waals surface area contributed by atoms with Gasteiger partial charge in [-0.25, -0.2) is 0 Å². The van der Waals surface area contributed by atoms with Gasteiger partial charge in [0.25, 0.3) is 0 Å². The lowest BCUT2D eigenvalue weighted by atomic mass is 10.3. The highest BCUT2D eigenvalue weighted by Crippen LogP contribution is 2.14. The molecular weight excluding hydrogens is 208 g/mol. The van der Waals surface area contributed by atoms with Crippen LogP contribution in [0.5, 0.6) is 0 Å². The van der Waals surface area contributed by atoms with E-state index in [1.54, 1.807) is 18.5 Å². The van der Waals surface area contributed by atoms with E-state index in [2.05, 4.69) is 22.5 Å². The van der Waals surface area contributed by atoms with Crippen molar-refractivity contribution in [3.63, 3.8) is 0 Å². The maximum absolute atomic E-state index is 5.73. The number of hydrogen-bond donors (Lipinski definition) is 3. The zero-order chi connectivity index (χ0) is 11.1. The normalized spacial score (nSPS) is 9.67. The molecule has 0 saturated carbocycles. The Morgan fingerprint density at radius 1 is 1.60 bits per heavy atom. The molecule has 0 saturated heterocycles. The highest BCUT2D eigenvalue weighted by Gasteiger charge is 2.00. The lowest BCUT2D eigenvalue weighted by Crippen LogP contribution is -2.29. The average Bonchev–Trinajstić information content (AvgIpc) is 2.22. The predicted molar refractivity (Wildman–Crippen MR) is 67.8 cm³/mol. The van der Waals surface area contributed by atoms with Crippen LogP contribution in [0.15, 0.2) is 18.5 Å². The van der Waals surface area contributed by atoms with Crippen LogP contribution in [-0.2, 0) is 0 Å². The maximum atomic E-state index is 5.73. The van der Waals surface area contributed by atoms with E-state index in [1.807, 2.05) is 0 Å². The number of anilines is 2. The van der Waals surface area contributed by atoms with E-state index in [0.717, 1.165) is 25.1 Å². The van der Waals surface area contributed by atoms with Gasteiger partial charge in [-0.1, -0.05) is 13.3 Å². The van der Waals surface area contributed by atoms with Gasteiger partial charge in [-0.05, 0) is 24.7 Å². The van der Waals surface area contributed by atoms with Gasteiger partial charge in [0.05, 0.1) is 17.6 Å². The number of hydrogen-bond acceptors (Lipinski definition) is 3. The summed E-state index contributed by atoms with van der Waals surface area (Å²) < 4.78 is 0. The van der Waals surface area contributed by atoms with Crippen LogP contribution >= 0.6 is 12.2 Å². The van der Waals surface area contributed by atoms with Crippen LogP contribution in [0.25, 0.3) is 0 Å². The van der Waals surface area contributed by atoms with Crippen LogP contribution in [0.4, 0.5) is 11.4 Å². The molecule has 82 valence electrons. The third-order valence-corrected chi connectivity index (χ3v) is 2.17. The zero-order valence-corrected chi connectivity index (χ0v) is 9.60. The topological polar surface area (TPSA) is 63.0 Å². The maximum Gasteiger partial charge on any atom is 0.170 e. The summed E-state index contributed by atoms with van der Waals surface area (Å²) in [4.78, 5) is 3.97. The number of nitrogen functional groups attached to an aromatic ring is 1. The number of aromatic nitrogens is 1. The molecule has 15 heavy (non-hydrogen) atoms. The van der Waals surface area contributed by atoms with Crippen LogP contribution in [0, 0.1) is 0 Å². The van der Waals surface area contributed by atoms with Crippen LogP contribution < -0.4 is 16.4 Å². The summed E-state index contributed by atoms with van der Waals surface area (Å²) in [6.07, 6.45) is 5.55. The first-order chi connectivity index (χ1) is 7.24. The average molecular weight is 224 g/mol. The van der Waals surface area contributed by atoms with Gasteiger partial charge in [-0.3, -0.25) is 4.98 Å². The third-order valence-electron chi connectivity index (χ3n) is 1.92. The Morgan fingerprint density at radius 2 is 2.40 bits per heavy atom. The quantitative estimate of drug-likeness (QED) is 0.537. The second kappa shape index (κ2) is 6.19. The lowest BCUT2D eigenvalue weighted by molar-refractivity contribution is 0.758. The van der Waals surface area contributed by atoms with Crippen molar-refractivity contribution in [1.29, 1.82) is 0 Å². The molecule has 0 unspecified atom stereocenters. The van der Waals surface area contributed by atoms with Gasteiger partial charge in [0.15, 0.2) is 5.11 Å². The van der Waals surface area contributed by atoms with Crippen molar-refractivity contribution in [2.24, 2.45) is 0 Å². The summed E-state index contributed by atoms with van der Waals surface area (Å²) >= 11 is 5.10. The number of unbranched alkanes of at least 4 members (excludes halogenated alkanes) is 1. The third kappa shape index (κ3) is 4.12. The van der Waals surface area contributed by atoms with Crippen molar-refractivity contribution in [3.05, 3.63) is 18.5 Å². The highest BCUT2D eigenvalue weighted by atomic mass is 32.1. The van der Waals surface area contributed by atoms with Crippen LogP contribution in [0.1, 0.15) is 19.8 Å². The number of rotatable bonds is 4. The van der Waals surface area contributed by atoms with Gasteiger partial charge < -0.3 is 16.4 Å². The van der Waals surface area contributed by atoms with E-state index in [4.69, 9.17) is 18.0 Å². The van der Waals surface area contributed by atoms with Gasteiger partial charge in [0.2, 0.25) is 0 Å². The van der Waals surface area contributed by atoms with E-state index in [0.29, 0.717) is 10.8 Å². The monoisotopic (exact) mass is 224 g/mol. The first-order valence-electron chi connectivity index (χ1n) is 4.98.